The van der Waals surface area contributed by atoms with Crippen molar-refractivity contribution in [2.24, 2.45) is 0 Å². The Morgan fingerprint density at radius 3 is 1.73 bits per heavy atom. The molecule has 0 aliphatic rings. The van der Waals surface area contributed by atoms with Gasteiger partial charge in [0.1, 0.15) is 11.5 Å². The molecule has 3 rings (SSSR count). The molecule has 3 N–H and O–H groups in total. The average Bonchev–Trinajstić information content (AvgIpc) is 2.86. The Labute approximate surface area is 191 Å². The first-order valence-electron chi connectivity index (χ1n) is 10.2. The maximum absolute atomic E-state index is 12.7. The van der Waals surface area contributed by atoms with E-state index in [0.717, 1.165) is 16.9 Å². The number of benzene rings is 3. The minimum absolute atomic E-state index is 0.181. The van der Waals surface area contributed by atoms with Crippen LogP contribution in [0.4, 0.5) is 5.69 Å². The van der Waals surface area contributed by atoms with Gasteiger partial charge in [0.25, 0.3) is 5.91 Å². The summed E-state index contributed by atoms with van der Waals surface area (Å²) in [4.78, 5) is 37.3. The van der Waals surface area contributed by atoms with Gasteiger partial charge >= 0.3 is 11.8 Å². The van der Waals surface area contributed by atoms with Crippen molar-refractivity contribution in [2.75, 3.05) is 19.5 Å². The highest BCUT2D eigenvalue weighted by Gasteiger charge is 2.17. The van der Waals surface area contributed by atoms with Crippen LogP contribution in [-0.2, 0) is 22.7 Å². The second-order valence-corrected chi connectivity index (χ2v) is 7.06. The van der Waals surface area contributed by atoms with E-state index in [-0.39, 0.29) is 23.7 Å². The molecule has 0 bridgehead atoms. The van der Waals surface area contributed by atoms with E-state index in [1.54, 1.807) is 74.9 Å². The topological polar surface area (TPSA) is 106 Å². The Morgan fingerprint density at radius 1 is 0.667 bits per heavy atom. The molecule has 0 aliphatic carbocycles. The molecule has 0 unspecified atom stereocenters. The molecule has 0 aliphatic heterocycles. The summed E-state index contributed by atoms with van der Waals surface area (Å²) in [6, 6.07) is 20.9. The number of anilines is 1. The van der Waals surface area contributed by atoms with Gasteiger partial charge in [-0.15, -0.1) is 0 Å². The highest BCUT2D eigenvalue weighted by atomic mass is 16.5. The molecule has 0 atom stereocenters. The predicted molar refractivity (Wildman–Crippen MR) is 124 cm³/mol. The second kappa shape index (κ2) is 11.3. The minimum atomic E-state index is -0.862. The fourth-order valence-electron chi connectivity index (χ4n) is 3.00. The molecule has 3 aromatic rings. The Morgan fingerprint density at radius 2 is 1.18 bits per heavy atom. The maximum Gasteiger partial charge on any atom is 0.313 e. The lowest BCUT2D eigenvalue weighted by molar-refractivity contribution is -0.136. The van der Waals surface area contributed by atoms with E-state index in [1.165, 1.54) is 0 Å². The molecule has 33 heavy (non-hydrogen) atoms. The number of methoxy groups -OCH3 is 2. The van der Waals surface area contributed by atoms with Crippen molar-refractivity contribution in [2.45, 2.75) is 13.1 Å². The summed E-state index contributed by atoms with van der Waals surface area (Å²) in [5, 5.41) is 7.88. The minimum Gasteiger partial charge on any atom is -0.497 e. The number of ether oxygens (including phenoxy) is 2. The molecule has 0 aromatic heterocycles. The van der Waals surface area contributed by atoms with Crippen molar-refractivity contribution < 1.29 is 23.9 Å². The van der Waals surface area contributed by atoms with Gasteiger partial charge in [0, 0.05) is 13.1 Å². The predicted octanol–water partition coefficient (Wildman–Crippen LogP) is 2.89. The molecule has 170 valence electrons. The Hall–Kier alpha value is -4.33. The number of hydrogen-bond acceptors (Lipinski definition) is 5. The first-order valence-corrected chi connectivity index (χ1v) is 10.2. The van der Waals surface area contributed by atoms with E-state index in [2.05, 4.69) is 16.0 Å². The van der Waals surface area contributed by atoms with E-state index in [9.17, 15) is 14.4 Å². The molecule has 0 radical (unpaired) electrons. The smallest absolute Gasteiger partial charge is 0.313 e. The Bertz CT molecular complexity index is 1110. The zero-order valence-electron chi connectivity index (χ0n) is 18.4. The lowest BCUT2D eigenvalue weighted by Crippen LogP contribution is -2.35. The number of carbonyl (C=O) groups is 3. The van der Waals surface area contributed by atoms with Crippen LogP contribution in [0.15, 0.2) is 72.8 Å². The highest BCUT2D eigenvalue weighted by molar-refractivity contribution is 6.40. The molecule has 0 saturated carbocycles. The monoisotopic (exact) mass is 447 g/mol. The van der Waals surface area contributed by atoms with Gasteiger partial charge in [-0.3, -0.25) is 14.4 Å². The largest absolute Gasteiger partial charge is 0.497 e. The van der Waals surface area contributed by atoms with Crippen molar-refractivity contribution in [1.29, 1.82) is 0 Å². The molecular formula is C25H25N3O5. The average molecular weight is 447 g/mol. The summed E-state index contributed by atoms with van der Waals surface area (Å²) in [6.45, 7) is 0.480. The first kappa shape index (κ1) is 23.3. The Balaban J connectivity index is 1.57. The summed E-state index contributed by atoms with van der Waals surface area (Å²) in [5.74, 6) is -0.619. The van der Waals surface area contributed by atoms with Gasteiger partial charge in [0.05, 0.1) is 25.5 Å². The zero-order chi connectivity index (χ0) is 23.6. The Kier molecular flexibility index (Phi) is 8.02. The van der Waals surface area contributed by atoms with Crippen LogP contribution in [-0.4, -0.2) is 31.9 Å². The van der Waals surface area contributed by atoms with Gasteiger partial charge in [-0.25, -0.2) is 0 Å². The van der Waals surface area contributed by atoms with Gasteiger partial charge in [-0.1, -0.05) is 36.4 Å². The summed E-state index contributed by atoms with van der Waals surface area (Å²) in [7, 11) is 3.15. The number of nitrogens with one attached hydrogen (secondary N) is 3. The van der Waals surface area contributed by atoms with E-state index in [1.807, 2.05) is 12.1 Å². The molecule has 0 fully saturated rings. The van der Waals surface area contributed by atoms with Crippen molar-refractivity contribution in [3.63, 3.8) is 0 Å². The van der Waals surface area contributed by atoms with Crippen LogP contribution >= 0.6 is 0 Å². The second-order valence-electron chi connectivity index (χ2n) is 7.06. The SMILES string of the molecule is COc1ccc(CNC(=O)C(=O)Nc2ccccc2C(=O)NCc2ccc(OC)cc2)cc1. The summed E-state index contributed by atoms with van der Waals surface area (Å²) in [6.07, 6.45) is 0. The number of amides is 3. The van der Waals surface area contributed by atoms with E-state index in [4.69, 9.17) is 9.47 Å². The third kappa shape index (κ3) is 6.57. The quantitative estimate of drug-likeness (QED) is 0.461. The molecule has 0 heterocycles. The fraction of sp³-hybridized carbons (Fsp3) is 0.160. The molecular weight excluding hydrogens is 422 g/mol. The van der Waals surface area contributed by atoms with E-state index in [0.29, 0.717) is 12.3 Å². The van der Waals surface area contributed by atoms with Crippen LogP contribution in [0.5, 0.6) is 11.5 Å². The molecule has 3 amide bonds. The number of rotatable bonds is 8. The number of carbonyl (C=O) groups excluding carboxylic acids is 3. The van der Waals surface area contributed by atoms with Crippen LogP contribution in [0.2, 0.25) is 0 Å². The van der Waals surface area contributed by atoms with Crippen LogP contribution < -0.4 is 25.4 Å². The van der Waals surface area contributed by atoms with Crippen molar-refractivity contribution in [3.8, 4) is 11.5 Å². The van der Waals surface area contributed by atoms with Crippen LogP contribution in [0.3, 0.4) is 0 Å². The van der Waals surface area contributed by atoms with Gasteiger partial charge in [0.2, 0.25) is 0 Å². The zero-order valence-corrected chi connectivity index (χ0v) is 18.4. The normalized spacial score (nSPS) is 10.1. The maximum atomic E-state index is 12.7. The van der Waals surface area contributed by atoms with Gasteiger partial charge < -0.3 is 25.4 Å². The van der Waals surface area contributed by atoms with Gasteiger partial charge in [-0.05, 0) is 47.5 Å². The van der Waals surface area contributed by atoms with E-state index < -0.39 is 11.8 Å². The fourth-order valence-corrected chi connectivity index (χ4v) is 3.00. The summed E-state index contributed by atoms with van der Waals surface area (Å²) >= 11 is 0. The third-order valence-electron chi connectivity index (χ3n) is 4.85. The van der Waals surface area contributed by atoms with Crippen LogP contribution in [0.25, 0.3) is 0 Å². The van der Waals surface area contributed by atoms with Crippen molar-refractivity contribution >= 4 is 23.4 Å². The molecule has 3 aromatic carbocycles. The summed E-state index contributed by atoms with van der Waals surface area (Å²) in [5.41, 5.74) is 2.20. The lowest BCUT2D eigenvalue weighted by atomic mass is 10.1. The van der Waals surface area contributed by atoms with Crippen molar-refractivity contribution in [1.82, 2.24) is 10.6 Å². The molecule has 0 saturated heterocycles. The van der Waals surface area contributed by atoms with Gasteiger partial charge in [0.15, 0.2) is 0 Å². The number of para-hydroxylation sites is 1. The van der Waals surface area contributed by atoms with E-state index >= 15 is 0 Å². The van der Waals surface area contributed by atoms with Gasteiger partial charge in [-0.2, -0.15) is 0 Å². The third-order valence-corrected chi connectivity index (χ3v) is 4.85. The van der Waals surface area contributed by atoms with Crippen LogP contribution in [0.1, 0.15) is 21.5 Å². The molecule has 8 nitrogen and oxygen atoms in total. The van der Waals surface area contributed by atoms with Crippen LogP contribution in [0, 0.1) is 0 Å². The first-order chi connectivity index (χ1) is 16.0. The van der Waals surface area contributed by atoms with Crippen molar-refractivity contribution in [3.05, 3.63) is 89.5 Å². The molecule has 8 heteroatoms. The lowest BCUT2D eigenvalue weighted by Gasteiger charge is -2.12. The molecule has 0 spiro atoms. The standard InChI is InChI=1S/C25H25N3O5/c1-32-19-11-7-17(8-12-19)15-26-23(29)21-5-3-4-6-22(21)28-25(31)24(30)27-16-18-9-13-20(33-2)14-10-18/h3-14H,15-16H2,1-2H3,(H,26,29)(H,27,30)(H,28,31). The highest BCUT2D eigenvalue weighted by Crippen LogP contribution is 2.16. The number of hydrogen-bond donors (Lipinski definition) is 3. The summed E-state index contributed by atoms with van der Waals surface area (Å²) < 4.78 is 10.2.